The minimum Gasteiger partial charge on any atom is -0.480 e. The van der Waals surface area contributed by atoms with Crippen LogP contribution in [0.1, 0.15) is 35.7 Å². The summed E-state index contributed by atoms with van der Waals surface area (Å²) in [4.78, 5) is 39.2. The van der Waals surface area contributed by atoms with Gasteiger partial charge in [-0.3, -0.25) is 9.59 Å². The third-order valence-corrected chi connectivity index (χ3v) is 4.69. The Labute approximate surface area is 134 Å². The number of amides is 2. The molecule has 0 bridgehead atoms. The largest absolute Gasteiger partial charge is 0.480 e. The number of aliphatic carboxylic acids is 1. The Balaban J connectivity index is 1.70. The summed E-state index contributed by atoms with van der Waals surface area (Å²) in [6.07, 6.45) is 1.26. The third-order valence-electron chi connectivity index (χ3n) is 4.69. The molecule has 2 aliphatic heterocycles. The Morgan fingerprint density at radius 3 is 2.74 bits per heavy atom. The summed E-state index contributed by atoms with van der Waals surface area (Å²) < 4.78 is 0. The first-order valence-corrected chi connectivity index (χ1v) is 7.87. The molecule has 2 amide bonds. The highest BCUT2D eigenvalue weighted by Gasteiger charge is 2.37. The van der Waals surface area contributed by atoms with Crippen LogP contribution in [0.25, 0.3) is 0 Å². The lowest BCUT2D eigenvalue weighted by Gasteiger charge is -2.36. The van der Waals surface area contributed by atoms with Gasteiger partial charge in [0, 0.05) is 18.7 Å². The normalized spacial score (nSPS) is 23.8. The molecule has 2 unspecified atom stereocenters. The molecule has 6 nitrogen and oxygen atoms in total. The van der Waals surface area contributed by atoms with Gasteiger partial charge < -0.3 is 14.9 Å². The van der Waals surface area contributed by atoms with Crippen LogP contribution < -0.4 is 0 Å². The van der Waals surface area contributed by atoms with Gasteiger partial charge in [-0.25, -0.2) is 4.79 Å². The lowest BCUT2D eigenvalue weighted by Crippen LogP contribution is -2.52. The van der Waals surface area contributed by atoms with Crippen LogP contribution in [0.5, 0.6) is 0 Å². The van der Waals surface area contributed by atoms with Crippen LogP contribution >= 0.6 is 0 Å². The molecule has 6 heteroatoms. The monoisotopic (exact) mass is 316 g/mol. The number of rotatable bonds is 3. The van der Waals surface area contributed by atoms with E-state index in [4.69, 9.17) is 0 Å². The van der Waals surface area contributed by atoms with Crippen LogP contribution in [0.3, 0.4) is 0 Å². The Bertz CT molecular complexity index is 658. The Morgan fingerprint density at radius 1 is 1.30 bits per heavy atom. The molecule has 23 heavy (non-hydrogen) atoms. The highest BCUT2D eigenvalue weighted by Crippen LogP contribution is 2.25. The van der Waals surface area contributed by atoms with Crippen molar-refractivity contribution in [2.24, 2.45) is 5.92 Å². The molecule has 1 aromatic rings. The standard InChI is InChI=1S/C17H20N2O4/c1-11-6-7-19(14(8-11)17(22)23)15(20)10-18-9-12-4-2-3-5-13(12)16(18)21/h2-5,11,14H,6-10H2,1H3,(H,22,23). The maximum Gasteiger partial charge on any atom is 0.326 e. The first kappa shape index (κ1) is 15.5. The Morgan fingerprint density at radius 2 is 2.04 bits per heavy atom. The van der Waals surface area contributed by atoms with Crippen molar-refractivity contribution in [2.45, 2.75) is 32.4 Å². The molecule has 0 saturated carbocycles. The number of carbonyl (C=O) groups is 3. The van der Waals surface area contributed by atoms with E-state index in [9.17, 15) is 19.5 Å². The number of nitrogens with zero attached hydrogens (tertiary/aromatic N) is 2. The highest BCUT2D eigenvalue weighted by atomic mass is 16.4. The highest BCUT2D eigenvalue weighted by molar-refractivity contribution is 6.00. The molecule has 1 N–H and O–H groups in total. The van der Waals surface area contributed by atoms with E-state index in [2.05, 4.69) is 0 Å². The summed E-state index contributed by atoms with van der Waals surface area (Å²) in [7, 11) is 0. The molecule has 0 aromatic heterocycles. The average molecular weight is 316 g/mol. The van der Waals surface area contributed by atoms with Crippen LogP contribution in [-0.2, 0) is 16.1 Å². The third kappa shape index (κ3) is 2.93. The Hall–Kier alpha value is -2.37. The molecule has 1 aromatic carbocycles. The van der Waals surface area contributed by atoms with E-state index in [0.717, 1.165) is 12.0 Å². The molecule has 0 spiro atoms. The topological polar surface area (TPSA) is 77.9 Å². The maximum absolute atomic E-state index is 12.5. The lowest BCUT2D eigenvalue weighted by atomic mass is 9.92. The molecule has 1 saturated heterocycles. The molecule has 2 heterocycles. The zero-order valence-corrected chi connectivity index (χ0v) is 13.1. The number of carboxylic acid groups (broad SMARTS) is 1. The van der Waals surface area contributed by atoms with Gasteiger partial charge in [-0.05, 0) is 30.4 Å². The van der Waals surface area contributed by atoms with Crippen molar-refractivity contribution in [1.29, 1.82) is 0 Å². The quantitative estimate of drug-likeness (QED) is 0.913. The minimum atomic E-state index is -0.971. The predicted octanol–water partition coefficient (Wildman–Crippen LogP) is 1.35. The fraction of sp³-hybridized carbons (Fsp3) is 0.471. The van der Waals surface area contributed by atoms with Crippen molar-refractivity contribution >= 4 is 17.8 Å². The van der Waals surface area contributed by atoms with Crippen LogP contribution in [0, 0.1) is 5.92 Å². The summed E-state index contributed by atoms with van der Waals surface area (Å²) in [6.45, 7) is 2.78. The SMILES string of the molecule is CC1CCN(C(=O)CN2Cc3ccccc3C2=O)C(C(=O)O)C1. The van der Waals surface area contributed by atoms with E-state index in [1.54, 1.807) is 12.1 Å². The number of likely N-dealkylation sites (tertiary alicyclic amines) is 1. The molecular weight excluding hydrogens is 296 g/mol. The zero-order valence-electron chi connectivity index (χ0n) is 13.1. The van der Waals surface area contributed by atoms with Crippen molar-refractivity contribution in [3.63, 3.8) is 0 Å². The Kier molecular flexibility index (Phi) is 4.07. The van der Waals surface area contributed by atoms with E-state index in [0.29, 0.717) is 25.1 Å². The van der Waals surface area contributed by atoms with Gasteiger partial charge in [0.25, 0.3) is 5.91 Å². The van der Waals surface area contributed by atoms with Crippen molar-refractivity contribution in [1.82, 2.24) is 9.80 Å². The van der Waals surface area contributed by atoms with Crippen LogP contribution in [0.4, 0.5) is 0 Å². The number of hydrogen-bond donors (Lipinski definition) is 1. The van der Waals surface area contributed by atoms with Gasteiger partial charge in [-0.2, -0.15) is 0 Å². The smallest absolute Gasteiger partial charge is 0.326 e. The number of piperidine rings is 1. The lowest BCUT2D eigenvalue weighted by molar-refractivity contribution is -0.153. The first-order valence-electron chi connectivity index (χ1n) is 7.87. The van der Waals surface area contributed by atoms with E-state index >= 15 is 0 Å². The molecule has 0 aliphatic carbocycles. The van der Waals surface area contributed by atoms with Crippen LogP contribution in [0.2, 0.25) is 0 Å². The van der Waals surface area contributed by atoms with E-state index in [-0.39, 0.29) is 24.3 Å². The van der Waals surface area contributed by atoms with E-state index in [1.807, 2.05) is 19.1 Å². The van der Waals surface area contributed by atoms with Gasteiger partial charge in [0.2, 0.25) is 5.91 Å². The summed E-state index contributed by atoms with van der Waals surface area (Å²) >= 11 is 0. The van der Waals surface area contributed by atoms with Gasteiger partial charge in [0.15, 0.2) is 0 Å². The molecule has 2 atom stereocenters. The number of carbonyl (C=O) groups excluding carboxylic acids is 2. The van der Waals surface area contributed by atoms with Crippen molar-refractivity contribution in [3.05, 3.63) is 35.4 Å². The molecule has 1 fully saturated rings. The van der Waals surface area contributed by atoms with Gasteiger partial charge in [0.1, 0.15) is 12.6 Å². The zero-order chi connectivity index (χ0) is 16.6. The number of hydrogen-bond acceptors (Lipinski definition) is 3. The summed E-state index contributed by atoms with van der Waals surface area (Å²) in [5.41, 5.74) is 1.54. The number of fused-ring (bicyclic) bond motifs is 1. The maximum atomic E-state index is 12.5. The summed E-state index contributed by atoms with van der Waals surface area (Å²) in [6, 6.07) is 6.51. The van der Waals surface area contributed by atoms with Crippen molar-refractivity contribution < 1.29 is 19.5 Å². The van der Waals surface area contributed by atoms with Crippen molar-refractivity contribution in [3.8, 4) is 0 Å². The fourth-order valence-electron chi connectivity index (χ4n) is 3.37. The van der Waals surface area contributed by atoms with E-state index < -0.39 is 12.0 Å². The van der Waals surface area contributed by atoms with Gasteiger partial charge in [-0.15, -0.1) is 0 Å². The molecule has 3 rings (SSSR count). The molecular formula is C17H20N2O4. The average Bonchev–Trinajstić information content (AvgIpc) is 2.83. The summed E-state index contributed by atoms with van der Waals surface area (Å²) in [5.74, 6) is -1.13. The van der Waals surface area contributed by atoms with E-state index in [1.165, 1.54) is 9.80 Å². The van der Waals surface area contributed by atoms with Gasteiger partial charge in [-0.1, -0.05) is 25.1 Å². The van der Waals surface area contributed by atoms with Crippen LogP contribution in [0.15, 0.2) is 24.3 Å². The van der Waals surface area contributed by atoms with Crippen LogP contribution in [-0.4, -0.2) is 51.8 Å². The second-order valence-corrected chi connectivity index (χ2v) is 6.39. The van der Waals surface area contributed by atoms with Gasteiger partial charge >= 0.3 is 5.97 Å². The van der Waals surface area contributed by atoms with Crippen molar-refractivity contribution in [2.75, 3.05) is 13.1 Å². The molecule has 0 radical (unpaired) electrons. The molecule has 2 aliphatic rings. The predicted molar refractivity (Wildman–Crippen MR) is 82.7 cm³/mol. The number of carboxylic acids is 1. The summed E-state index contributed by atoms with van der Waals surface area (Å²) in [5, 5.41) is 9.36. The molecule has 122 valence electrons. The second-order valence-electron chi connectivity index (χ2n) is 6.39. The second kappa shape index (κ2) is 6.02. The minimum absolute atomic E-state index is 0.0638. The number of benzene rings is 1. The first-order chi connectivity index (χ1) is 11.0. The van der Waals surface area contributed by atoms with Gasteiger partial charge in [0.05, 0.1) is 0 Å². The fourth-order valence-corrected chi connectivity index (χ4v) is 3.37.